The van der Waals surface area contributed by atoms with Gasteiger partial charge < -0.3 is 5.11 Å². The minimum Gasteiger partial charge on any atom is -0.481 e. The van der Waals surface area contributed by atoms with E-state index in [9.17, 15) is 9.59 Å². The first kappa shape index (κ1) is 10.2. The summed E-state index contributed by atoms with van der Waals surface area (Å²) >= 11 is 0. The maximum atomic E-state index is 11.4. The molecule has 2 atom stereocenters. The molecule has 0 bridgehead atoms. The quantitative estimate of drug-likeness (QED) is 0.728. The predicted octanol–water partition coefficient (Wildman–Crippen LogP) is 1.86. The maximum Gasteiger partial charge on any atom is 0.303 e. The first-order chi connectivity index (χ1) is 6.09. The third kappa shape index (κ3) is 3.17. The standard InChI is InChI=1S/C10H16O3/c1-7-2-4-9(11)8(6-7)3-5-10(12)13/h7-8H,2-6H2,1H3,(H,12,13). The molecule has 0 spiro atoms. The van der Waals surface area contributed by atoms with Gasteiger partial charge in [-0.25, -0.2) is 0 Å². The molecule has 3 heteroatoms. The van der Waals surface area contributed by atoms with Crippen LogP contribution in [0.15, 0.2) is 0 Å². The van der Waals surface area contributed by atoms with Crippen LogP contribution in [-0.2, 0) is 9.59 Å². The molecule has 1 aliphatic carbocycles. The lowest BCUT2D eigenvalue weighted by Crippen LogP contribution is -2.24. The normalized spacial score (nSPS) is 28.8. The summed E-state index contributed by atoms with van der Waals surface area (Å²) in [7, 11) is 0. The van der Waals surface area contributed by atoms with Crippen molar-refractivity contribution in [2.45, 2.75) is 39.0 Å². The molecule has 1 aliphatic rings. The lowest BCUT2D eigenvalue weighted by molar-refractivity contribution is -0.137. The summed E-state index contributed by atoms with van der Waals surface area (Å²) in [5.41, 5.74) is 0. The monoisotopic (exact) mass is 184 g/mol. The van der Waals surface area contributed by atoms with Crippen molar-refractivity contribution in [3.05, 3.63) is 0 Å². The fourth-order valence-electron chi connectivity index (χ4n) is 1.90. The van der Waals surface area contributed by atoms with Gasteiger partial charge in [-0.3, -0.25) is 9.59 Å². The molecule has 0 aromatic heterocycles. The van der Waals surface area contributed by atoms with E-state index in [1.165, 1.54) is 0 Å². The third-order valence-electron chi connectivity index (χ3n) is 2.73. The second-order valence-corrected chi connectivity index (χ2v) is 3.98. The van der Waals surface area contributed by atoms with Crippen molar-refractivity contribution in [1.82, 2.24) is 0 Å². The molecule has 1 N–H and O–H groups in total. The second kappa shape index (κ2) is 4.40. The fraction of sp³-hybridized carbons (Fsp3) is 0.800. The minimum absolute atomic E-state index is 0.0137. The SMILES string of the molecule is CC1CCC(=O)C(CCC(=O)O)C1. The van der Waals surface area contributed by atoms with E-state index in [1.807, 2.05) is 0 Å². The summed E-state index contributed by atoms with van der Waals surface area (Å²) in [5.74, 6) is 0.0571. The molecule has 3 nitrogen and oxygen atoms in total. The number of aliphatic carboxylic acids is 1. The summed E-state index contributed by atoms with van der Waals surface area (Å²) in [6.45, 7) is 2.13. The number of carbonyl (C=O) groups excluding carboxylic acids is 1. The van der Waals surface area contributed by atoms with E-state index in [-0.39, 0.29) is 18.1 Å². The second-order valence-electron chi connectivity index (χ2n) is 3.98. The van der Waals surface area contributed by atoms with Crippen molar-refractivity contribution in [2.24, 2.45) is 11.8 Å². The zero-order chi connectivity index (χ0) is 9.84. The van der Waals surface area contributed by atoms with Crippen molar-refractivity contribution < 1.29 is 14.7 Å². The lowest BCUT2D eigenvalue weighted by Gasteiger charge is -2.24. The van der Waals surface area contributed by atoms with Crippen LogP contribution in [0.4, 0.5) is 0 Å². The highest BCUT2D eigenvalue weighted by Crippen LogP contribution is 2.28. The molecule has 0 saturated heterocycles. The highest BCUT2D eigenvalue weighted by atomic mass is 16.4. The fourth-order valence-corrected chi connectivity index (χ4v) is 1.90. The zero-order valence-electron chi connectivity index (χ0n) is 7.95. The third-order valence-corrected chi connectivity index (χ3v) is 2.73. The van der Waals surface area contributed by atoms with Crippen LogP contribution in [0.2, 0.25) is 0 Å². The van der Waals surface area contributed by atoms with Gasteiger partial charge in [0.15, 0.2) is 0 Å². The van der Waals surface area contributed by atoms with Gasteiger partial charge in [0, 0.05) is 18.8 Å². The number of Topliss-reactive ketones (excluding diaryl/α,β-unsaturated/α-hetero) is 1. The molecule has 1 rings (SSSR count). The topological polar surface area (TPSA) is 54.4 Å². The van der Waals surface area contributed by atoms with Crippen molar-refractivity contribution >= 4 is 11.8 Å². The molecule has 0 heterocycles. The first-order valence-electron chi connectivity index (χ1n) is 4.84. The Bertz CT molecular complexity index is 210. The molecule has 0 aliphatic heterocycles. The van der Waals surface area contributed by atoms with Gasteiger partial charge in [0.2, 0.25) is 0 Å². The number of hydrogen-bond donors (Lipinski definition) is 1. The Labute approximate surface area is 78.1 Å². The van der Waals surface area contributed by atoms with E-state index >= 15 is 0 Å². The lowest BCUT2D eigenvalue weighted by atomic mass is 9.79. The molecule has 13 heavy (non-hydrogen) atoms. The summed E-state index contributed by atoms with van der Waals surface area (Å²) in [6, 6.07) is 0. The largest absolute Gasteiger partial charge is 0.481 e. The highest BCUT2D eigenvalue weighted by molar-refractivity contribution is 5.82. The van der Waals surface area contributed by atoms with Gasteiger partial charge in [0.1, 0.15) is 5.78 Å². The maximum absolute atomic E-state index is 11.4. The van der Waals surface area contributed by atoms with Crippen molar-refractivity contribution in [3.8, 4) is 0 Å². The van der Waals surface area contributed by atoms with Gasteiger partial charge in [0.05, 0.1) is 0 Å². The van der Waals surface area contributed by atoms with Crippen molar-refractivity contribution in [1.29, 1.82) is 0 Å². The van der Waals surface area contributed by atoms with Crippen LogP contribution in [-0.4, -0.2) is 16.9 Å². The summed E-state index contributed by atoms with van der Waals surface area (Å²) in [4.78, 5) is 21.7. The average Bonchev–Trinajstić information content (AvgIpc) is 2.06. The van der Waals surface area contributed by atoms with E-state index in [1.54, 1.807) is 0 Å². The molecular formula is C10H16O3. The number of carboxylic acid groups (broad SMARTS) is 1. The Balaban J connectivity index is 2.37. The van der Waals surface area contributed by atoms with Crippen LogP contribution >= 0.6 is 0 Å². The van der Waals surface area contributed by atoms with Gasteiger partial charge >= 0.3 is 5.97 Å². The van der Waals surface area contributed by atoms with Crippen molar-refractivity contribution in [2.75, 3.05) is 0 Å². The summed E-state index contributed by atoms with van der Waals surface area (Å²) < 4.78 is 0. The van der Waals surface area contributed by atoms with Crippen molar-refractivity contribution in [3.63, 3.8) is 0 Å². The van der Waals surface area contributed by atoms with E-state index < -0.39 is 5.97 Å². The number of rotatable bonds is 3. The molecular weight excluding hydrogens is 168 g/mol. The summed E-state index contributed by atoms with van der Waals surface area (Å²) in [6.07, 6.45) is 3.15. The van der Waals surface area contributed by atoms with E-state index in [0.29, 0.717) is 18.8 Å². The van der Waals surface area contributed by atoms with E-state index in [2.05, 4.69) is 6.92 Å². The van der Waals surface area contributed by atoms with Gasteiger partial charge in [-0.1, -0.05) is 6.92 Å². The number of ketones is 1. The Morgan fingerprint density at radius 1 is 1.62 bits per heavy atom. The van der Waals surface area contributed by atoms with Crippen LogP contribution in [0.1, 0.15) is 39.0 Å². The Morgan fingerprint density at radius 3 is 2.92 bits per heavy atom. The van der Waals surface area contributed by atoms with Gasteiger partial charge in [-0.15, -0.1) is 0 Å². The Hall–Kier alpha value is -0.860. The minimum atomic E-state index is -0.800. The number of carboxylic acids is 1. The smallest absolute Gasteiger partial charge is 0.303 e. The average molecular weight is 184 g/mol. The van der Waals surface area contributed by atoms with Gasteiger partial charge in [0.25, 0.3) is 0 Å². The van der Waals surface area contributed by atoms with E-state index in [0.717, 1.165) is 12.8 Å². The van der Waals surface area contributed by atoms with Crippen LogP contribution in [0.5, 0.6) is 0 Å². The van der Waals surface area contributed by atoms with Crippen LogP contribution < -0.4 is 0 Å². The Kier molecular flexibility index (Phi) is 3.46. The van der Waals surface area contributed by atoms with Crippen LogP contribution in [0.3, 0.4) is 0 Å². The predicted molar refractivity (Wildman–Crippen MR) is 48.4 cm³/mol. The molecule has 74 valence electrons. The van der Waals surface area contributed by atoms with Crippen LogP contribution in [0, 0.1) is 11.8 Å². The zero-order valence-corrected chi connectivity index (χ0v) is 7.95. The van der Waals surface area contributed by atoms with Crippen LogP contribution in [0.25, 0.3) is 0 Å². The molecule has 0 aromatic carbocycles. The van der Waals surface area contributed by atoms with Gasteiger partial charge in [-0.05, 0) is 25.2 Å². The number of carbonyl (C=O) groups is 2. The highest BCUT2D eigenvalue weighted by Gasteiger charge is 2.26. The van der Waals surface area contributed by atoms with Gasteiger partial charge in [-0.2, -0.15) is 0 Å². The molecule has 1 fully saturated rings. The molecule has 1 saturated carbocycles. The first-order valence-corrected chi connectivity index (χ1v) is 4.84. The number of hydrogen-bond acceptors (Lipinski definition) is 2. The summed E-state index contributed by atoms with van der Waals surface area (Å²) in [5, 5.41) is 8.48. The Morgan fingerprint density at radius 2 is 2.31 bits per heavy atom. The molecule has 0 radical (unpaired) electrons. The molecule has 0 amide bonds. The molecule has 0 aromatic rings. The molecule has 2 unspecified atom stereocenters. The van der Waals surface area contributed by atoms with E-state index in [4.69, 9.17) is 5.11 Å².